The molecule has 44 heavy (non-hydrogen) atoms. The van der Waals surface area contributed by atoms with Gasteiger partial charge in [-0.15, -0.1) is 0 Å². The third kappa shape index (κ3) is 3.64. The van der Waals surface area contributed by atoms with Gasteiger partial charge in [-0.3, -0.25) is 0 Å². The largest absolute Gasteiger partial charge is 0.316 e. The zero-order valence-electron chi connectivity index (χ0n) is 23.5. The number of benzene rings is 5. The fraction of sp³-hybridized carbons (Fsp3) is 0. The van der Waals surface area contributed by atoms with E-state index in [0.717, 1.165) is 39.2 Å². The highest BCUT2D eigenvalue weighted by atomic mass is 19.1. The molecule has 0 fully saturated rings. The van der Waals surface area contributed by atoms with Gasteiger partial charge in [0.2, 0.25) is 5.95 Å². The molecule has 0 spiro atoms. The summed E-state index contributed by atoms with van der Waals surface area (Å²) in [5.41, 5.74) is 7.75. The van der Waals surface area contributed by atoms with Crippen molar-refractivity contribution in [2.24, 2.45) is 0 Å². The fourth-order valence-corrected chi connectivity index (χ4v) is 6.42. The lowest BCUT2D eigenvalue weighted by Gasteiger charge is -2.11. The monoisotopic (exact) mass is 569 g/mol. The van der Waals surface area contributed by atoms with Gasteiger partial charge < -0.3 is 13.7 Å². The average molecular weight is 570 g/mol. The van der Waals surface area contributed by atoms with Crippen molar-refractivity contribution in [3.05, 3.63) is 152 Å². The second kappa shape index (κ2) is 9.51. The van der Waals surface area contributed by atoms with Gasteiger partial charge in [0.25, 0.3) is 0 Å². The highest BCUT2D eigenvalue weighted by molar-refractivity contribution is 6.18. The Morgan fingerprint density at radius 2 is 1.11 bits per heavy atom. The van der Waals surface area contributed by atoms with E-state index < -0.39 is 5.95 Å². The van der Waals surface area contributed by atoms with Gasteiger partial charge in [0, 0.05) is 51.2 Å². The number of halogens is 1. The van der Waals surface area contributed by atoms with E-state index in [4.69, 9.17) is 4.98 Å². The molecule has 0 radical (unpaired) electrons. The molecule has 0 unspecified atom stereocenters. The molecule has 0 aliphatic carbocycles. The van der Waals surface area contributed by atoms with Gasteiger partial charge in [0.1, 0.15) is 0 Å². The lowest BCUT2D eigenvalue weighted by molar-refractivity contribution is 0.595. The number of hydrogen-bond acceptors (Lipinski definition) is 2. The standard InChI is InChI=1S/C38H24FN5/c39-36-32-22-24-43(27-11-5-2-6-12-27)38(32)41-37(40-36)25-15-17-28(18-16-25)44-34-14-8-7-13-29(34)30-19-20-33-31(35(30)44)21-23-42(33)26-9-3-1-4-10-26/h1-24H. The molecule has 0 N–H and O–H groups in total. The van der Waals surface area contributed by atoms with Gasteiger partial charge in [-0.2, -0.15) is 9.37 Å². The maximum absolute atomic E-state index is 15.2. The van der Waals surface area contributed by atoms with Crippen LogP contribution in [0.3, 0.4) is 0 Å². The van der Waals surface area contributed by atoms with Crippen molar-refractivity contribution < 1.29 is 4.39 Å². The Hall–Kier alpha value is -6.01. The number of rotatable bonds is 4. The van der Waals surface area contributed by atoms with Gasteiger partial charge in [-0.05, 0) is 72.8 Å². The summed E-state index contributed by atoms with van der Waals surface area (Å²) in [5.74, 6) is -0.182. The second-order valence-electron chi connectivity index (χ2n) is 10.9. The van der Waals surface area contributed by atoms with Crippen LogP contribution < -0.4 is 0 Å². The maximum Gasteiger partial charge on any atom is 0.226 e. The lowest BCUT2D eigenvalue weighted by atomic mass is 10.1. The number of hydrogen-bond donors (Lipinski definition) is 0. The van der Waals surface area contributed by atoms with Crippen LogP contribution in [0.2, 0.25) is 0 Å². The average Bonchev–Trinajstić information content (AvgIpc) is 3.80. The summed E-state index contributed by atoms with van der Waals surface area (Å²) in [6.45, 7) is 0. The van der Waals surface area contributed by atoms with Crippen LogP contribution >= 0.6 is 0 Å². The molecular weight excluding hydrogens is 545 g/mol. The zero-order valence-corrected chi connectivity index (χ0v) is 23.5. The Kier molecular flexibility index (Phi) is 5.31. The number of aromatic nitrogens is 5. The van der Waals surface area contributed by atoms with Crippen molar-refractivity contribution in [1.82, 2.24) is 23.7 Å². The summed E-state index contributed by atoms with van der Waals surface area (Å²) in [7, 11) is 0. The molecule has 6 heteroatoms. The minimum Gasteiger partial charge on any atom is -0.316 e. The molecule has 208 valence electrons. The predicted molar refractivity (Wildman–Crippen MR) is 175 cm³/mol. The van der Waals surface area contributed by atoms with Crippen LogP contribution in [-0.2, 0) is 0 Å². The Morgan fingerprint density at radius 1 is 0.455 bits per heavy atom. The lowest BCUT2D eigenvalue weighted by Crippen LogP contribution is -1.99. The minimum absolute atomic E-state index is 0.349. The molecule has 0 amide bonds. The van der Waals surface area contributed by atoms with E-state index in [2.05, 4.69) is 99.2 Å². The normalized spacial score (nSPS) is 11.8. The summed E-state index contributed by atoms with van der Waals surface area (Å²) in [4.78, 5) is 9.05. The smallest absolute Gasteiger partial charge is 0.226 e. The van der Waals surface area contributed by atoms with Gasteiger partial charge in [-0.25, -0.2) is 4.98 Å². The van der Waals surface area contributed by atoms with Crippen LogP contribution in [0.25, 0.3) is 72.2 Å². The van der Waals surface area contributed by atoms with Crippen molar-refractivity contribution in [3.63, 3.8) is 0 Å². The van der Waals surface area contributed by atoms with Crippen LogP contribution in [0.1, 0.15) is 0 Å². The van der Waals surface area contributed by atoms with Gasteiger partial charge in [0.15, 0.2) is 11.5 Å². The van der Waals surface area contributed by atoms with E-state index in [1.807, 2.05) is 59.3 Å². The number of nitrogens with zero attached hydrogens (tertiary/aromatic N) is 5. The van der Waals surface area contributed by atoms with Gasteiger partial charge in [-0.1, -0.05) is 60.7 Å². The first-order valence-electron chi connectivity index (χ1n) is 14.5. The van der Waals surface area contributed by atoms with Crippen molar-refractivity contribution in [3.8, 4) is 28.5 Å². The number of fused-ring (bicyclic) bond motifs is 6. The highest BCUT2D eigenvalue weighted by Gasteiger charge is 2.18. The Balaban J connectivity index is 1.21. The third-order valence-electron chi connectivity index (χ3n) is 8.45. The molecular formula is C38H24FN5. The van der Waals surface area contributed by atoms with Crippen molar-refractivity contribution >= 4 is 43.7 Å². The Bertz CT molecular complexity index is 2490. The van der Waals surface area contributed by atoms with Crippen molar-refractivity contribution in [1.29, 1.82) is 0 Å². The molecule has 0 aliphatic heterocycles. The summed E-state index contributed by atoms with van der Waals surface area (Å²) < 4.78 is 21.7. The Morgan fingerprint density at radius 3 is 1.89 bits per heavy atom. The van der Waals surface area contributed by atoms with Crippen LogP contribution in [0, 0.1) is 5.95 Å². The van der Waals surface area contributed by atoms with Crippen LogP contribution in [0.15, 0.2) is 146 Å². The van der Waals surface area contributed by atoms with E-state index in [-0.39, 0.29) is 0 Å². The van der Waals surface area contributed by atoms with Gasteiger partial charge >= 0.3 is 0 Å². The summed E-state index contributed by atoms with van der Waals surface area (Å²) in [6.07, 6.45) is 3.97. The molecule has 0 saturated heterocycles. The summed E-state index contributed by atoms with van der Waals surface area (Å²) in [5, 5.41) is 3.95. The van der Waals surface area contributed by atoms with Crippen LogP contribution in [0.4, 0.5) is 4.39 Å². The molecule has 9 rings (SSSR count). The zero-order chi connectivity index (χ0) is 29.2. The topological polar surface area (TPSA) is 40.6 Å². The first-order chi connectivity index (χ1) is 21.7. The Labute approximate surface area is 251 Å². The third-order valence-corrected chi connectivity index (χ3v) is 8.45. The van der Waals surface area contributed by atoms with Gasteiger partial charge in [0.05, 0.1) is 21.9 Å². The molecule has 0 atom stereocenters. The van der Waals surface area contributed by atoms with Crippen LogP contribution in [-0.4, -0.2) is 23.7 Å². The fourth-order valence-electron chi connectivity index (χ4n) is 6.42. The first-order valence-corrected chi connectivity index (χ1v) is 14.5. The van der Waals surface area contributed by atoms with E-state index >= 15 is 4.39 Å². The molecule has 5 nitrogen and oxygen atoms in total. The van der Waals surface area contributed by atoms with Crippen molar-refractivity contribution in [2.45, 2.75) is 0 Å². The minimum atomic E-state index is -0.531. The predicted octanol–water partition coefficient (Wildman–Crippen LogP) is 9.27. The molecule has 5 aromatic carbocycles. The molecule has 0 bridgehead atoms. The first kappa shape index (κ1) is 24.6. The van der Waals surface area contributed by atoms with E-state index in [1.54, 1.807) is 6.07 Å². The molecule has 4 aromatic heterocycles. The maximum atomic E-state index is 15.2. The SMILES string of the molecule is Fc1nc(-c2ccc(-n3c4ccccc4c4ccc5c(ccn5-c5ccccc5)c43)cc2)nc2c1ccn2-c1ccccc1. The molecule has 0 saturated carbocycles. The van der Waals surface area contributed by atoms with Crippen molar-refractivity contribution in [2.75, 3.05) is 0 Å². The molecule has 0 aliphatic rings. The summed E-state index contributed by atoms with van der Waals surface area (Å²) in [6, 6.07) is 45.1. The number of para-hydroxylation sites is 3. The second-order valence-corrected chi connectivity index (χ2v) is 10.9. The molecule has 4 heterocycles. The molecule has 9 aromatic rings. The van der Waals surface area contributed by atoms with Crippen LogP contribution in [0.5, 0.6) is 0 Å². The highest BCUT2D eigenvalue weighted by Crippen LogP contribution is 2.38. The quantitative estimate of drug-likeness (QED) is 0.198. The van der Waals surface area contributed by atoms with E-state index in [1.165, 1.54) is 16.2 Å². The summed E-state index contributed by atoms with van der Waals surface area (Å²) >= 11 is 0. The van der Waals surface area contributed by atoms with E-state index in [9.17, 15) is 0 Å². The van der Waals surface area contributed by atoms with E-state index in [0.29, 0.717) is 16.9 Å².